The quantitative estimate of drug-likeness (QED) is 0.405. The van der Waals surface area contributed by atoms with E-state index in [4.69, 9.17) is 14.2 Å². The maximum atomic E-state index is 12.8. The minimum atomic E-state index is -1.68. The van der Waals surface area contributed by atoms with Crippen molar-refractivity contribution in [3.8, 4) is 0 Å². The van der Waals surface area contributed by atoms with Gasteiger partial charge in [-0.15, -0.1) is 0 Å². The highest BCUT2D eigenvalue weighted by Gasteiger charge is 2.45. The SMILES string of the molecule is CCc1cccc2c3c([nH]c12)C(CC)(CC(=O)OC[C@H]1OC(O)[C@H](O)[C@@H](O)[C@@H]1O)OCC3. The average molecular weight is 450 g/mol. The van der Waals surface area contributed by atoms with Gasteiger partial charge in [0, 0.05) is 10.9 Å². The van der Waals surface area contributed by atoms with Crippen molar-refractivity contribution < 1.29 is 39.4 Å². The van der Waals surface area contributed by atoms with Gasteiger partial charge in [0.15, 0.2) is 6.29 Å². The summed E-state index contributed by atoms with van der Waals surface area (Å²) in [5.74, 6) is -0.556. The topological polar surface area (TPSA) is 141 Å². The summed E-state index contributed by atoms with van der Waals surface area (Å²) in [5.41, 5.74) is 3.45. The number of benzene rings is 1. The highest BCUT2D eigenvalue weighted by Crippen LogP contribution is 2.42. The average Bonchev–Trinajstić information content (AvgIpc) is 3.19. The number of ether oxygens (including phenoxy) is 3. The van der Waals surface area contributed by atoms with Crippen molar-refractivity contribution in [1.29, 1.82) is 0 Å². The van der Waals surface area contributed by atoms with Crippen LogP contribution in [0.1, 0.15) is 43.5 Å². The molecule has 176 valence electrons. The lowest BCUT2D eigenvalue weighted by molar-refractivity contribution is -0.287. The maximum absolute atomic E-state index is 12.8. The number of hydrogen-bond donors (Lipinski definition) is 5. The first-order valence-corrected chi connectivity index (χ1v) is 11.1. The Morgan fingerprint density at radius 1 is 1.19 bits per heavy atom. The molecule has 0 spiro atoms. The van der Waals surface area contributed by atoms with Crippen molar-refractivity contribution >= 4 is 16.9 Å². The first-order chi connectivity index (χ1) is 15.3. The third-order valence-electron chi connectivity index (χ3n) is 6.69. The number of esters is 1. The Balaban J connectivity index is 1.52. The van der Waals surface area contributed by atoms with E-state index in [0.29, 0.717) is 13.0 Å². The largest absolute Gasteiger partial charge is 0.463 e. The number of para-hydroxylation sites is 1. The summed E-state index contributed by atoms with van der Waals surface area (Å²) >= 11 is 0. The van der Waals surface area contributed by atoms with Gasteiger partial charge in [0.1, 0.15) is 36.6 Å². The van der Waals surface area contributed by atoms with E-state index in [1.807, 2.05) is 13.0 Å². The van der Waals surface area contributed by atoms with Gasteiger partial charge < -0.3 is 39.6 Å². The zero-order valence-electron chi connectivity index (χ0n) is 18.3. The number of aliphatic hydroxyl groups excluding tert-OH is 4. The fourth-order valence-corrected chi connectivity index (χ4v) is 4.77. The van der Waals surface area contributed by atoms with Gasteiger partial charge in [0.2, 0.25) is 0 Å². The molecular weight excluding hydrogens is 418 g/mol. The highest BCUT2D eigenvalue weighted by molar-refractivity contribution is 5.88. The van der Waals surface area contributed by atoms with Gasteiger partial charge in [0.05, 0.1) is 18.7 Å². The second kappa shape index (κ2) is 9.09. The monoisotopic (exact) mass is 449 g/mol. The molecule has 4 rings (SSSR count). The van der Waals surface area contributed by atoms with Gasteiger partial charge in [-0.05, 0) is 30.4 Å². The summed E-state index contributed by atoms with van der Waals surface area (Å²) in [5, 5.41) is 40.2. The summed E-state index contributed by atoms with van der Waals surface area (Å²) in [4.78, 5) is 16.3. The van der Waals surface area contributed by atoms with Crippen molar-refractivity contribution in [3.63, 3.8) is 0 Å². The second-order valence-corrected chi connectivity index (χ2v) is 8.51. The zero-order chi connectivity index (χ0) is 23.0. The van der Waals surface area contributed by atoms with Crippen LogP contribution in [0.3, 0.4) is 0 Å². The molecule has 1 fully saturated rings. The second-order valence-electron chi connectivity index (χ2n) is 8.51. The van der Waals surface area contributed by atoms with Crippen LogP contribution in [0.15, 0.2) is 18.2 Å². The van der Waals surface area contributed by atoms with Gasteiger partial charge >= 0.3 is 5.97 Å². The van der Waals surface area contributed by atoms with Crippen LogP contribution in [-0.4, -0.2) is 75.3 Å². The Bertz CT molecular complexity index is 974. The predicted octanol–water partition coefficient (Wildman–Crippen LogP) is 0.641. The number of fused-ring (bicyclic) bond motifs is 3. The molecule has 6 atom stereocenters. The molecule has 5 N–H and O–H groups in total. The summed E-state index contributed by atoms with van der Waals surface area (Å²) < 4.78 is 16.6. The van der Waals surface area contributed by atoms with E-state index in [9.17, 15) is 25.2 Å². The molecule has 0 bridgehead atoms. The first-order valence-electron chi connectivity index (χ1n) is 11.1. The van der Waals surface area contributed by atoms with E-state index in [2.05, 4.69) is 24.0 Å². The number of aliphatic hydroxyl groups is 4. The van der Waals surface area contributed by atoms with Crippen LogP contribution in [0.4, 0.5) is 0 Å². The molecule has 2 unspecified atom stereocenters. The standard InChI is InChI=1S/C23H31NO8/c1-3-12-6-5-7-13-14-8-9-31-23(4-2,21(14)24-17(12)13)10-16(25)30-11-15-18(26)19(27)20(28)22(29)32-15/h5-7,15,18-20,22,24,26-29H,3-4,8-11H2,1-2H3/t15-,18-,19+,20-,22?,23?/m1/s1. The van der Waals surface area contributed by atoms with Crippen molar-refractivity contribution in [2.45, 2.75) is 75.8 Å². The molecule has 9 heteroatoms. The van der Waals surface area contributed by atoms with Crippen LogP contribution in [0.25, 0.3) is 10.9 Å². The van der Waals surface area contributed by atoms with E-state index < -0.39 is 42.3 Å². The van der Waals surface area contributed by atoms with Crippen LogP contribution in [0.2, 0.25) is 0 Å². The summed E-state index contributed by atoms with van der Waals surface area (Å²) in [6.45, 7) is 4.17. The van der Waals surface area contributed by atoms with Crippen LogP contribution in [0, 0.1) is 0 Å². The fourth-order valence-electron chi connectivity index (χ4n) is 4.77. The lowest BCUT2D eigenvalue weighted by atomic mass is 9.86. The van der Waals surface area contributed by atoms with Gasteiger partial charge in [-0.1, -0.05) is 32.0 Å². The normalized spacial score (nSPS) is 32.6. The van der Waals surface area contributed by atoms with Crippen LogP contribution in [-0.2, 0) is 37.4 Å². The fraction of sp³-hybridized carbons (Fsp3) is 0.609. The maximum Gasteiger partial charge on any atom is 0.309 e. The molecular formula is C23H31NO8. The zero-order valence-corrected chi connectivity index (χ0v) is 18.3. The molecule has 2 aliphatic rings. The molecule has 2 aliphatic heterocycles. The molecule has 3 heterocycles. The number of carbonyl (C=O) groups excluding carboxylic acids is 1. The lowest BCUT2D eigenvalue weighted by Crippen LogP contribution is -2.58. The number of aromatic nitrogens is 1. The molecule has 0 radical (unpaired) electrons. The van der Waals surface area contributed by atoms with Crippen LogP contribution < -0.4 is 0 Å². The van der Waals surface area contributed by atoms with E-state index in [1.165, 1.54) is 5.56 Å². The molecule has 1 aromatic heterocycles. The van der Waals surface area contributed by atoms with Gasteiger partial charge in [-0.2, -0.15) is 0 Å². The van der Waals surface area contributed by atoms with E-state index in [-0.39, 0.29) is 13.0 Å². The minimum absolute atomic E-state index is 0.0403. The molecule has 2 aromatic rings. The molecule has 9 nitrogen and oxygen atoms in total. The molecule has 0 aliphatic carbocycles. The van der Waals surface area contributed by atoms with E-state index in [1.54, 1.807) is 0 Å². The lowest BCUT2D eigenvalue weighted by Gasteiger charge is -2.38. The Kier molecular flexibility index (Phi) is 6.58. The Hall–Kier alpha value is -2.01. The predicted molar refractivity (Wildman–Crippen MR) is 114 cm³/mol. The van der Waals surface area contributed by atoms with Crippen molar-refractivity contribution in [3.05, 3.63) is 35.0 Å². The Morgan fingerprint density at radius 3 is 2.69 bits per heavy atom. The number of H-pyrrole nitrogens is 1. The molecule has 1 aromatic carbocycles. The van der Waals surface area contributed by atoms with Crippen LogP contribution >= 0.6 is 0 Å². The van der Waals surface area contributed by atoms with Gasteiger partial charge in [0.25, 0.3) is 0 Å². The van der Waals surface area contributed by atoms with Crippen molar-refractivity contribution in [2.75, 3.05) is 13.2 Å². The minimum Gasteiger partial charge on any atom is -0.463 e. The number of aryl methyl sites for hydroxylation is 1. The van der Waals surface area contributed by atoms with E-state index >= 15 is 0 Å². The third kappa shape index (κ3) is 3.93. The first kappa shape index (κ1) is 23.2. The number of carbonyl (C=O) groups is 1. The summed E-state index contributed by atoms with van der Waals surface area (Å²) in [7, 11) is 0. The van der Waals surface area contributed by atoms with Crippen molar-refractivity contribution in [1.82, 2.24) is 4.98 Å². The van der Waals surface area contributed by atoms with E-state index in [0.717, 1.165) is 35.0 Å². The number of aromatic amines is 1. The smallest absolute Gasteiger partial charge is 0.309 e. The number of nitrogens with one attached hydrogen (secondary N) is 1. The molecule has 0 amide bonds. The molecule has 0 saturated carbocycles. The molecule has 32 heavy (non-hydrogen) atoms. The van der Waals surface area contributed by atoms with Gasteiger partial charge in [-0.25, -0.2) is 0 Å². The summed E-state index contributed by atoms with van der Waals surface area (Å²) in [6, 6.07) is 6.21. The molecule has 1 saturated heterocycles. The van der Waals surface area contributed by atoms with Crippen LogP contribution in [0.5, 0.6) is 0 Å². The Morgan fingerprint density at radius 2 is 1.97 bits per heavy atom. The number of rotatable bonds is 6. The van der Waals surface area contributed by atoms with Crippen molar-refractivity contribution in [2.24, 2.45) is 0 Å². The third-order valence-corrected chi connectivity index (χ3v) is 6.69. The highest BCUT2D eigenvalue weighted by atomic mass is 16.6. The Labute approximate surface area is 185 Å². The van der Waals surface area contributed by atoms with Gasteiger partial charge in [-0.3, -0.25) is 4.79 Å². The number of hydrogen-bond acceptors (Lipinski definition) is 8. The summed E-state index contributed by atoms with van der Waals surface area (Å²) in [6.07, 6.45) is -5.43.